The molecule has 1 aromatic carbocycles. The average molecular weight is 381 g/mol. The highest BCUT2D eigenvalue weighted by Crippen LogP contribution is 2.18. The van der Waals surface area contributed by atoms with E-state index in [1.165, 1.54) is 11.8 Å². The SMILES string of the molecule is CCOC(=O)[C@H](CCC(=O)CSc1ccccc1)NC(=O)OC(C)(C)C. The maximum absolute atomic E-state index is 12.1. The zero-order valence-corrected chi connectivity index (χ0v) is 16.6. The van der Waals surface area contributed by atoms with Crippen LogP contribution in [0.3, 0.4) is 0 Å². The smallest absolute Gasteiger partial charge is 0.408 e. The molecule has 1 N–H and O–H groups in total. The molecule has 26 heavy (non-hydrogen) atoms. The number of esters is 1. The number of nitrogens with one attached hydrogen (secondary N) is 1. The van der Waals surface area contributed by atoms with E-state index < -0.39 is 23.7 Å². The van der Waals surface area contributed by atoms with Crippen LogP contribution >= 0.6 is 11.8 Å². The highest BCUT2D eigenvalue weighted by Gasteiger charge is 2.25. The molecule has 1 rings (SSSR count). The van der Waals surface area contributed by atoms with Crippen LogP contribution < -0.4 is 5.32 Å². The monoisotopic (exact) mass is 381 g/mol. The van der Waals surface area contributed by atoms with Gasteiger partial charge in [0.15, 0.2) is 0 Å². The van der Waals surface area contributed by atoms with Gasteiger partial charge in [0.1, 0.15) is 17.4 Å². The van der Waals surface area contributed by atoms with E-state index in [9.17, 15) is 14.4 Å². The lowest BCUT2D eigenvalue weighted by molar-refractivity contribution is -0.145. The van der Waals surface area contributed by atoms with Crippen molar-refractivity contribution in [3.05, 3.63) is 30.3 Å². The number of benzene rings is 1. The van der Waals surface area contributed by atoms with Crippen molar-refractivity contribution in [3.8, 4) is 0 Å². The summed E-state index contributed by atoms with van der Waals surface area (Å²) < 4.78 is 10.1. The van der Waals surface area contributed by atoms with Crippen molar-refractivity contribution >= 4 is 29.6 Å². The van der Waals surface area contributed by atoms with E-state index in [1.807, 2.05) is 30.3 Å². The molecule has 0 fully saturated rings. The van der Waals surface area contributed by atoms with E-state index in [1.54, 1.807) is 27.7 Å². The lowest BCUT2D eigenvalue weighted by Crippen LogP contribution is -2.44. The van der Waals surface area contributed by atoms with Crippen LogP contribution in [0, 0.1) is 0 Å². The Kier molecular flexibility index (Phi) is 9.19. The number of alkyl carbamates (subject to hydrolysis) is 1. The zero-order valence-electron chi connectivity index (χ0n) is 15.7. The normalized spacial score (nSPS) is 12.2. The second-order valence-electron chi connectivity index (χ2n) is 6.63. The first-order valence-electron chi connectivity index (χ1n) is 8.57. The van der Waals surface area contributed by atoms with E-state index in [0.717, 1.165) is 4.90 Å². The number of amides is 1. The van der Waals surface area contributed by atoms with Gasteiger partial charge >= 0.3 is 12.1 Å². The van der Waals surface area contributed by atoms with Gasteiger partial charge in [0.05, 0.1) is 12.4 Å². The first-order valence-corrected chi connectivity index (χ1v) is 9.55. The van der Waals surface area contributed by atoms with Gasteiger partial charge in [-0.25, -0.2) is 9.59 Å². The summed E-state index contributed by atoms with van der Waals surface area (Å²) in [6.07, 6.45) is -0.368. The van der Waals surface area contributed by atoms with Crippen LogP contribution in [-0.2, 0) is 19.1 Å². The van der Waals surface area contributed by atoms with Gasteiger partial charge in [0.25, 0.3) is 0 Å². The van der Waals surface area contributed by atoms with Crippen molar-refractivity contribution in [2.45, 2.75) is 57.1 Å². The van der Waals surface area contributed by atoms with Crippen molar-refractivity contribution in [1.82, 2.24) is 5.32 Å². The molecule has 1 atom stereocenters. The van der Waals surface area contributed by atoms with Gasteiger partial charge < -0.3 is 14.8 Å². The largest absolute Gasteiger partial charge is 0.464 e. The summed E-state index contributed by atoms with van der Waals surface area (Å²) >= 11 is 1.44. The molecular weight excluding hydrogens is 354 g/mol. The summed E-state index contributed by atoms with van der Waals surface area (Å²) in [6.45, 7) is 7.08. The number of carbonyl (C=O) groups excluding carboxylic acids is 3. The standard InChI is InChI=1S/C19H27NO5S/c1-5-24-17(22)16(20-18(23)25-19(2,3)4)12-11-14(21)13-26-15-9-7-6-8-10-15/h6-10,16H,5,11-13H2,1-4H3,(H,20,23)/t16-/m0/s1. The van der Waals surface area contributed by atoms with E-state index in [4.69, 9.17) is 9.47 Å². The topological polar surface area (TPSA) is 81.7 Å². The number of Topliss-reactive ketones (excluding diaryl/α,β-unsaturated/α-hetero) is 1. The Labute approximate surface area is 159 Å². The van der Waals surface area contributed by atoms with E-state index in [-0.39, 0.29) is 25.2 Å². The first-order chi connectivity index (χ1) is 12.2. The first kappa shape index (κ1) is 22.0. The summed E-state index contributed by atoms with van der Waals surface area (Å²) in [6, 6.07) is 8.70. The van der Waals surface area contributed by atoms with Crippen molar-refractivity contribution in [3.63, 3.8) is 0 Å². The van der Waals surface area contributed by atoms with Crippen LogP contribution in [0.4, 0.5) is 4.79 Å². The predicted octanol–water partition coefficient (Wildman–Crippen LogP) is 3.58. The third-order valence-electron chi connectivity index (χ3n) is 3.12. The van der Waals surface area contributed by atoms with Crippen molar-refractivity contribution in [1.29, 1.82) is 0 Å². The van der Waals surface area contributed by atoms with Crippen LogP contribution in [0.2, 0.25) is 0 Å². The molecule has 1 amide bonds. The molecule has 0 aliphatic heterocycles. The molecule has 0 aliphatic rings. The summed E-state index contributed by atoms with van der Waals surface area (Å²) in [5.74, 6) is -0.257. The molecule has 0 aliphatic carbocycles. The quantitative estimate of drug-likeness (QED) is 0.520. The number of ketones is 1. The fourth-order valence-electron chi connectivity index (χ4n) is 2.00. The minimum atomic E-state index is -0.907. The number of carbonyl (C=O) groups is 3. The average Bonchev–Trinajstić information content (AvgIpc) is 2.56. The molecule has 0 heterocycles. The molecule has 144 valence electrons. The van der Waals surface area contributed by atoms with Gasteiger partial charge in [-0.15, -0.1) is 11.8 Å². The number of thioether (sulfide) groups is 1. The maximum Gasteiger partial charge on any atom is 0.408 e. The van der Waals surface area contributed by atoms with Gasteiger partial charge in [-0.1, -0.05) is 18.2 Å². The van der Waals surface area contributed by atoms with E-state index >= 15 is 0 Å². The Morgan fingerprint density at radius 1 is 1.15 bits per heavy atom. The molecular formula is C19H27NO5S. The Bertz CT molecular complexity index is 598. The molecule has 0 unspecified atom stereocenters. The minimum absolute atomic E-state index is 0.000796. The summed E-state index contributed by atoms with van der Waals surface area (Å²) in [5, 5.41) is 2.49. The number of rotatable bonds is 9. The van der Waals surface area contributed by atoms with E-state index in [0.29, 0.717) is 5.75 Å². The van der Waals surface area contributed by atoms with Gasteiger partial charge in [-0.05, 0) is 46.2 Å². The number of ether oxygens (including phenoxy) is 2. The molecule has 0 bridgehead atoms. The molecule has 0 radical (unpaired) electrons. The molecule has 0 aromatic heterocycles. The molecule has 1 aromatic rings. The Morgan fingerprint density at radius 2 is 1.81 bits per heavy atom. The second kappa shape index (κ2) is 10.9. The lowest BCUT2D eigenvalue weighted by Gasteiger charge is -2.22. The third-order valence-corrected chi connectivity index (χ3v) is 4.19. The lowest BCUT2D eigenvalue weighted by atomic mass is 10.1. The van der Waals surface area contributed by atoms with Crippen molar-refractivity contribution < 1.29 is 23.9 Å². The second-order valence-corrected chi connectivity index (χ2v) is 7.68. The van der Waals surface area contributed by atoms with Gasteiger partial charge in [-0.2, -0.15) is 0 Å². The van der Waals surface area contributed by atoms with Crippen LogP contribution in [-0.4, -0.2) is 41.8 Å². The molecule has 6 nitrogen and oxygen atoms in total. The highest BCUT2D eigenvalue weighted by atomic mass is 32.2. The Morgan fingerprint density at radius 3 is 2.38 bits per heavy atom. The maximum atomic E-state index is 12.1. The van der Waals surface area contributed by atoms with Gasteiger partial charge in [0.2, 0.25) is 0 Å². The summed E-state index contributed by atoms with van der Waals surface area (Å²) in [4.78, 5) is 37.0. The van der Waals surface area contributed by atoms with Crippen molar-refractivity contribution in [2.75, 3.05) is 12.4 Å². The van der Waals surface area contributed by atoms with E-state index in [2.05, 4.69) is 5.32 Å². The predicted molar refractivity (Wildman–Crippen MR) is 101 cm³/mol. The van der Waals surface area contributed by atoms with Gasteiger partial charge in [0, 0.05) is 11.3 Å². The fraction of sp³-hybridized carbons (Fsp3) is 0.526. The van der Waals surface area contributed by atoms with Crippen LogP contribution in [0.25, 0.3) is 0 Å². The van der Waals surface area contributed by atoms with Crippen LogP contribution in [0.15, 0.2) is 35.2 Å². The number of hydrogen-bond acceptors (Lipinski definition) is 6. The van der Waals surface area contributed by atoms with Crippen LogP contribution in [0.1, 0.15) is 40.5 Å². The molecule has 7 heteroatoms. The fourth-order valence-corrected chi connectivity index (χ4v) is 2.82. The summed E-state index contributed by atoms with van der Waals surface area (Å²) in [5.41, 5.74) is -0.675. The van der Waals surface area contributed by atoms with Gasteiger partial charge in [-0.3, -0.25) is 4.79 Å². The third kappa shape index (κ3) is 9.46. The summed E-state index contributed by atoms with van der Waals surface area (Å²) in [7, 11) is 0. The minimum Gasteiger partial charge on any atom is -0.464 e. The molecule has 0 spiro atoms. The van der Waals surface area contributed by atoms with Crippen LogP contribution in [0.5, 0.6) is 0 Å². The Balaban J connectivity index is 2.52. The van der Waals surface area contributed by atoms with Crippen molar-refractivity contribution in [2.24, 2.45) is 0 Å². The molecule has 0 saturated heterocycles. The zero-order chi connectivity index (χ0) is 19.6. The number of hydrogen-bond donors (Lipinski definition) is 1. The highest BCUT2D eigenvalue weighted by molar-refractivity contribution is 8.00. The Hall–Kier alpha value is -2.02. The molecule has 0 saturated carbocycles.